The lowest BCUT2D eigenvalue weighted by molar-refractivity contribution is -0.140. The van der Waals surface area contributed by atoms with Gasteiger partial charge in [0.25, 0.3) is 0 Å². The molecule has 2 aromatic rings. The molecule has 0 saturated carbocycles. The van der Waals surface area contributed by atoms with E-state index in [1.54, 1.807) is 6.07 Å². The third-order valence-electron chi connectivity index (χ3n) is 3.41. The van der Waals surface area contributed by atoms with Gasteiger partial charge in [-0.1, -0.05) is 30.7 Å². The van der Waals surface area contributed by atoms with E-state index in [1.165, 1.54) is 13.3 Å². The lowest BCUT2D eigenvalue weighted by Crippen LogP contribution is -2.06. The Morgan fingerprint density at radius 2 is 2.13 bits per heavy atom. The molecule has 0 aliphatic rings. The molecule has 0 aliphatic heterocycles. The smallest absolute Gasteiger partial charge is 0.306 e. The van der Waals surface area contributed by atoms with Gasteiger partial charge in [0, 0.05) is 11.9 Å². The number of carbonyl (C=O) groups excluding carboxylic acids is 1. The monoisotopic (exact) mass is 329 g/mol. The van der Waals surface area contributed by atoms with Gasteiger partial charge in [-0.05, 0) is 29.7 Å². The third kappa shape index (κ3) is 4.44. The minimum Gasteiger partial charge on any atom is -0.469 e. The lowest BCUT2D eigenvalue weighted by atomic mass is 9.98. The van der Waals surface area contributed by atoms with Crippen LogP contribution in [0.15, 0.2) is 36.5 Å². The van der Waals surface area contributed by atoms with Crippen molar-refractivity contribution in [1.29, 1.82) is 5.26 Å². The van der Waals surface area contributed by atoms with Crippen LogP contribution in [0, 0.1) is 11.3 Å². The van der Waals surface area contributed by atoms with Crippen molar-refractivity contribution < 1.29 is 9.53 Å². The Kier molecular flexibility index (Phi) is 5.56. The normalized spacial score (nSPS) is 11.4. The zero-order valence-electron chi connectivity index (χ0n) is 12.8. The van der Waals surface area contributed by atoms with Crippen molar-refractivity contribution in [1.82, 2.24) is 4.98 Å². The Bertz CT molecular complexity index is 738. The summed E-state index contributed by atoms with van der Waals surface area (Å²) in [5.41, 5.74) is 2.27. The number of nitrogens with one attached hydrogen (secondary N) is 1. The molecule has 0 saturated heterocycles. The van der Waals surface area contributed by atoms with Crippen LogP contribution >= 0.6 is 11.6 Å². The van der Waals surface area contributed by atoms with Gasteiger partial charge < -0.3 is 10.1 Å². The van der Waals surface area contributed by atoms with Gasteiger partial charge in [0.05, 0.1) is 24.1 Å². The highest BCUT2D eigenvalue weighted by Gasteiger charge is 2.11. The van der Waals surface area contributed by atoms with Gasteiger partial charge >= 0.3 is 5.97 Å². The first kappa shape index (κ1) is 16.8. The number of nitriles is 1. The second-order valence-corrected chi connectivity index (χ2v) is 5.50. The average Bonchev–Trinajstić information content (AvgIpc) is 2.57. The standard InChI is InChI=1S/C17H16ClN3O2/c1-11(7-16(22)23-2)13-3-5-14(6-4-13)21-17-15(18)8-12(9-19)10-20-17/h3-6,8,10-11H,7H2,1-2H3,(H,20,21). The Morgan fingerprint density at radius 1 is 1.43 bits per heavy atom. The fourth-order valence-corrected chi connectivity index (χ4v) is 2.29. The minimum absolute atomic E-state index is 0.0770. The lowest BCUT2D eigenvalue weighted by Gasteiger charge is -2.12. The quantitative estimate of drug-likeness (QED) is 0.838. The molecule has 0 fully saturated rings. The predicted molar refractivity (Wildman–Crippen MR) is 88.7 cm³/mol. The maximum Gasteiger partial charge on any atom is 0.306 e. The van der Waals surface area contributed by atoms with Gasteiger partial charge in [0.1, 0.15) is 11.9 Å². The van der Waals surface area contributed by atoms with Crippen molar-refractivity contribution in [2.45, 2.75) is 19.3 Å². The van der Waals surface area contributed by atoms with E-state index in [4.69, 9.17) is 16.9 Å². The number of nitrogens with zero attached hydrogens (tertiary/aromatic N) is 2. The van der Waals surface area contributed by atoms with Crippen LogP contribution < -0.4 is 5.32 Å². The fraction of sp³-hybridized carbons (Fsp3) is 0.235. The number of halogens is 1. The van der Waals surface area contributed by atoms with Crippen LogP contribution in [0.3, 0.4) is 0 Å². The number of anilines is 2. The van der Waals surface area contributed by atoms with Crippen LogP contribution in [0.4, 0.5) is 11.5 Å². The molecule has 0 bridgehead atoms. The molecule has 1 aromatic heterocycles. The molecule has 118 valence electrons. The summed E-state index contributed by atoms with van der Waals surface area (Å²) in [4.78, 5) is 15.4. The zero-order chi connectivity index (χ0) is 16.8. The van der Waals surface area contributed by atoms with Crippen LogP contribution in [0.25, 0.3) is 0 Å². The molecule has 23 heavy (non-hydrogen) atoms. The van der Waals surface area contributed by atoms with Crippen LogP contribution in [0.2, 0.25) is 5.02 Å². The van der Waals surface area contributed by atoms with Gasteiger partial charge in [-0.25, -0.2) is 4.98 Å². The number of benzene rings is 1. The first-order valence-corrected chi connectivity index (χ1v) is 7.40. The predicted octanol–water partition coefficient (Wildman–Crippen LogP) is 4.02. The third-order valence-corrected chi connectivity index (χ3v) is 3.70. The largest absolute Gasteiger partial charge is 0.469 e. The van der Waals surface area contributed by atoms with E-state index in [9.17, 15) is 4.79 Å². The summed E-state index contributed by atoms with van der Waals surface area (Å²) < 4.78 is 4.68. The van der Waals surface area contributed by atoms with Gasteiger partial charge in [0.15, 0.2) is 0 Å². The second-order valence-electron chi connectivity index (χ2n) is 5.09. The van der Waals surface area contributed by atoms with E-state index in [-0.39, 0.29) is 11.9 Å². The maximum absolute atomic E-state index is 11.3. The summed E-state index contributed by atoms with van der Waals surface area (Å²) in [6.07, 6.45) is 1.80. The number of esters is 1. The molecular weight excluding hydrogens is 314 g/mol. The van der Waals surface area contributed by atoms with Crippen molar-refractivity contribution in [2.75, 3.05) is 12.4 Å². The van der Waals surface area contributed by atoms with E-state index in [1.807, 2.05) is 37.3 Å². The maximum atomic E-state index is 11.3. The molecule has 1 aromatic carbocycles. The van der Waals surface area contributed by atoms with Gasteiger partial charge in [-0.2, -0.15) is 5.26 Å². The number of hydrogen-bond donors (Lipinski definition) is 1. The van der Waals surface area contributed by atoms with Crippen LogP contribution in [-0.4, -0.2) is 18.1 Å². The van der Waals surface area contributed by atoms with Crippen LogP contribution in [0.5, 0.6) is 0 Å². The highest BCUT2D eigenvalue weighted by Crippen LogP contribution is 2.26. The highest BCUT2D eigenvalue weighted by atomic mass is 35.5. The first-order valence-electron chi connectivity index (χ1n) is 7.03. The van der Waals surface area contributed by atoms with E-state index in [0.717, 1.165) is 11.3 Å². The molecule has 0 spiro atoms. The molecule has 1 N–H and O–H groups in total. The number of rotatable bonds is 5. The van der Waals surface area contributed by atoms with E-state index in [2.05, 4.69) is 15.0 Å². The molecule has 2 rings (SSSR count). The number of hydrogen-bond acceptors (Lipinski definition) is 5. The summed E-state index contributed by atoms with van der Waals surface area (Å²) in [6, 6.07) is 11.2. The minimum atomic E-state index is -0.228. The fourth-order valence-electron chi connectivity index (χ4n) is 2.07. The average molecular weight is 330 g/mol. The molecule has 5 nitrogen and oxygen atoms in total. The topological polar surface area (TPSA) is 75.0 Å². The molecule has 0 radical (unpaired) electrons. The second kappa shape index (κ2) is 7.61. The molecule has 0 amide bonds. The van der Waals surface area contributed by atoms with E-state index < -0.39 is 0 Å². The van der Waals surface area contributed by atoms with Crippen molar-refractivity contribution >= 4 is 29.1 Å². The van der Waals surface area contributed by atoms with Crippen molar-refractivity contribution in [3.63, 3.8) is 0 Å². The highest BCUT2D eigenvalue weighted by molar-refractivity contribution is 6.33. The van der Waals surface area contributed by atoms with Crippen LogP contribution in [-0.2, 0) is 9.53 Å². The Hall–Kier alpha value is -2.58. The van der Waals surface area contributed by atoms with Crippen molar-refractivity contribution in [3.8, 4) is 6.07 Å². The molecule has 1 heterocycles. The molecular formula is C17H16ClN3O2. The number of methoxy groups -OCH3 is 1. The molecule has 6 heteroatoms. The summed E-state index contributed by atoms with van der Waals surface area (Å²) in [5.74, 6) is 0.336. The summed E-state index contributed by atoms with van der Waals surface area (Å²) in [7, 11) is 1.39. The van der Waals surface area contributed by atoms with E-state index >= 15 is 0 Å². The van der Waals surface area contributed by atoms with Crippen LogP contribution in [0.1, 0.15) is 30.4 Å². The number of aromatic nitrogens is 1. The van der Waals surface area contributed by atoms with Gasteiger partial charge in [0.2, 0.25) is 0 Å². The summed E-state index contributed by atoms with van der Waals surface area (Å²) in [5, 5.41) is 12.3. The first-order chi connectivity index (χ1) is 11.0. The number of ether oxygens (including phenoxy) is 1. The molecule has 0 aliphatic carbocycles. The zero-order valence-corrected chi connectivity index (χ0v) is 13.6. The molecule has 1 unspecified atom stereocenters. The summed E-state index contributed by atoms with van der Waals surface area (Å²) in [6.45, 7) is 1.97. The molecule has 1 atom stereocenters. The van der Waals surface area contributed by atoms with Crippen molar-refractivity contribution in [2.24, 2.45) is 0 Å². The van der Waals surface area contributed by atoms with Gasteiger partial charge in [-0.3, -0.25) is 4.79 Å². The number of pyridine rings is 1. The Morgan fingerprint density at radius 3 is 2.70 bits per heavy atom. The van der Waals surface area contributed by atoms with Gasteiger partial charge in [-0.15, -0.1) is 0 Å². The van der Waals surface area contributed by atoms with Crippen molar-refractivity contribution in [3.05, 3.63) is 52.7 Å². The summed E-state index contributed by atoms with van der Waals surface area (Å²) >= 11 is 6.09. The van der Waals surface area contributed by atoms with E-state index in [0.29, 0.717) is 22.8 Å². The Labute approximate surface area is 139 Å². The number of carbonyl (C=O) groups is 1. The SMILES string of the molecule is COC(=O)CC(C)c1ccc(Nc2ncc(C#N)cc2Cl)cc1. The Balaban J connectivity index is 2.08.